The van der Waals surface area contributed by atoms with Crippen LogP contribution in [-0.4, -0.2) is 68.3 Å². The standard InChI is InChI=1S/C27H48O6/c1-15(4-7-22(31)16(13-28)14-29)19-5-6-20-25-21(12-24(33)27(19,20)3)26(2)9-8-18(30)10-17(26)11-23(25)32/h15-25,28-33H,4-14H2,1-3H3/t15-,17+,18-,19-,20+,21+,22+,23-,24+,25-,26+,27+/m1/s1. The van der Waals surface area contributed by atoms with Crippen LogP contribution in [0.15, 0.2) is 0 Å². The number of aliphatic hydroxyl groups is 6. The Labute approximate surface area is 199 Å². The Morgan fingerprint density at radius 2 is 1.58 bits per heavy atom. The maximum absolute atomic E-state index is 11.6. The molecule has 4 saturated carbocycles. The molecule has 0 spiro atoms. The molecule has 6 heteroatoms. The van der Waals surface area contributed by atoms with Gasteiger partial charge in [-0.1, -0.05) is 20.8 Å². The summed E-state index contributed by atoms with van der Waals surface area (Å²) in [4.78, 5) is 0. The predicted molar refractivity (Wildman–Crippen MR) is 126 cm³/mol. The van der Waals surface area contributed by atoms with Crippen LogP contribution in [0, 0.1) is 52.3 Å². The van der Waals surface area contributed by atoms with Gasteiger partial charge in [0.25, 0.3) is 0 Å². The first-order valence-corrected chi connectivity index (χ1v) is 13.5. The summed E-state index contributed by atoms with van der Waals surface area (Å²) in [5.41, 5.74) is -0.153. The summed E-state index contributed by atoms with van der Waals surface area (Å²) in [7, 11) is 0. The third-order valence-electron chi connectivity index (χ3n) is 11.5. The third kappa shape index (κ3) is 4.21. The molecule has 192 valence electrons. The van der Waals surface area contributed by atoms with Gasteiger partial charge in [-0.05, 0) is 104 Å². The van der Waals surface area contributed by atoms with Crippen LogP contribution >= 0.6 is 0 Å². The first-order valence-electron chi connectivity index (χ1n) is 13.5. The van der Waals surface area contributed by atoms with Gasteiger partial charge in [0, 0.05) is 5.92 Å². The minimum Gasteiger partial charge on any atom is -0.396 e. The van der Waals surface area contributed by atoms with Crippen molar-refractivity contribution in [1.82, 2.24) is 0 Å². The van der Waals surface area contributed by atoms with Gasteiger partial charge in [0.05, 0.1) is 37.6 Å². The maximum Gasteiger partial charge on any atom is 0.0612 e. The van der Waals surface area contributed by atoms with Gasteiger partial charge in [-0.25, -0.2) is 0 Å². The van der Waals surface area contributed by atoms with Crippen LogP contribution in [0.1, 0.15) is 78.6 Å². The largest absolute Gasteiger partial charge is 0.396 e. The molecule has 0 aliphatic heterocycles. The minimum absolute atomic E-state index is 0.0862. The molecule has 33 heavy (non-hydrogen) atoms. The van der Waals surface area contributed by atoms with Crippen molar-refractivity contribution in [3.8, 4) is 0 Å². The normalized spacial score (nSPS) is 49.3. The Kier molecular flexibility index (Phi) is 7.57. The second-order valence-electron chi connectivity index (χ2n) is 12.8. The molecule has 0 amide bonds. The van der Waals surface area contributed by atoms with Crippen LogP contribution in [0.3, 0.4) is 0 Å². The smallest absolute Gasteiger partial charge is 0.0612 e. The Bertz CT molecular complexity index is 669. The van der Waals surface area contributed by atoms with E-state index in [1.165, 1.54) is 0 Å². The van der Waals surface area contributed by atoms with E-state index in [1.54, 1.807) is 0 Å². The number of hydrogen-bond acceptors (Lipinski definition) is 6. The highest BCUT2D eigenvalue weighted by atomic mass is 16.3. The number of rotatable bonds is 7. The van der Waals surface area contributed by atoms with E-state index in [-0.39, 0.29) is 42.2 Å². The Morgan fingerprint density at radius 1 is 0.879 bits per heavy atom. The molecule has 12 atom stereocenters. The molecule has 4 rings (SSSR count). The van der Waals surface area contributed by atoms with Gasteiger partial charge in [-0.15, -0.1) is 0 Å². The molecule has 0 bridgehead atoms. The molecular formula is C27H48O6. The average molecular weight is 469 g/mol. The quantitative estimate of drug-likeness (QED) is 0.341. The number of fused-ring (bicyclic) bond motifs is 5. The highest BCUT2D eigenvalue weighted by Gasteiger charge is 2.65. The molecule has 0 aromatic rings. The van der Waals surface area contributed by atoms with Gasteiger partial charge in [-0.3, -0.25) is 0 Å². The fraction of sp³-hybridized carbons (Fsp3) is 1.00. The van der Waals surface area contributed by atoms with Crippen LogP contribution in [0.2, 0.25) is 0 Å². The average Bonchev–Trinajstić information content (AvgIpc) is 3.13. The lowest BCUT2D eigenvalue weighted by atomic mass is 9.43. The molecule has 6 nitrogen and oxygen atoms in total. The summed E-state index contributed by atoms with van der Waals surface area (Å²) >= 11 is 0. The molecule has 0 aromatic carbocycles. The van der Waals surface area contributed by atoms with Crippen LogP contribution in [0.25, 0.3) is 0 Å². The molecule has 0 radical (unpaired) electrons. The molecular weight excluding hydrogens is 420 g/mol. The minimum atomic E-state index is -0.716. The van der Waals surface area contributed by atoms with E-state index in [0.717, 1.165) is 51.4 Å². The summed E-state index contributed by atoms with van der Waals surface area (Å²) in [6.45, 7) is 6.39. The van der Waals surface area contributed by atoms with E-state index in [0.29, 0.717) is 36.0 Å². The van der Waals surface area contributed by atoms with Gasteiger partial charge >= 0.3 is 0 Å². The van der Waals surface area contributed by atoms with Crippen molar-refractivity contribution in [3.05, 3.63) is 0 Å². The molecule has 0 saturated heterocycles. The van der Waals surface area contributed by atoms with E-state index >= 15 is 0 Å². The lowest BCUT2D eigenvalue weighted by molar-refractivity contribution is -0.207. The van der Waals surface area contributed by atoms with Crippen molar-refractivity contribution in [2.24, 2.45) is 52.3 Å². The van der Waals surface area contributed by atoms with Crippen LogP contribution < -0.4 is 0 Å². The highest BCUT2D eigenvalue weighted by Crippen LogP contribution is 2.68. The predicted octanol–water partition coefficient (Wildman–Crippen LogP) is 2.33. The zero-order valence-electron chi connectivity index (χ0n) is 20.8. The van der Waals surface area contributed by atoms with E-state index in [9.17, 15) is 30.6 Å². The van der Waals surface area contributed by atoms with Gasteiger partial charge in [0.1, 0.15) is 0 Å². The zero-order chi connectivity index (χ0) is 24.1. The van der Waals surface area contributed by atoms with E-state index < -0.39 is 18.1 Å². The molecule has 0 aromatic heterocycles. The van der Waals surface area contributed by atoms with Crippen LogP contribution in [0.4, 0.5) is 0 Å². The molecule has 0 unspecified atom stereocenters. The van der Waals surface area contributed by atoms with Gasteiger partial charge in [-0.2, -0.15) is 0 Å². The van der Waals surface area contributed by atoms with Gasteiger partial charge < -0.3 is 30.6 Å². The van der Waals surface area contributed by atoms with Crippen LogP contribution in [-0.2, 0) is 0 Å². The summed E-state index contributed by atoms with van der Waals surface area (Å²) in [5, 5.41) is 62.4. The number of aliphatic hydroxyl groups excluding tert-OH is 6. The van der Waals surface area contributed by atoms with Gasteiger partial charge in [0.15, 0.2) is 0 Å². The van der Waals surface area contributed by atoms with Crippen molar-refractivity contribution >= 4 is 0 Å². The first-order chi connectivity index (χ1) is 15.6. The number of hydrogen-bond donors (Lipinski definition) is 6. The SMILES string of the molecule is C[C@H](CC[C@H](O)C(CO)CO)[C@H]1CC[C@H]2[C@H]3[C@H](O)C[C@@H]4C[C@H](O)CC[C@]4(C)[C@H]3C[C@H](O)[C@@]12C. The Balaban J connectivity index is 1.51. The fourth-order valence-corrected chi connectivity index (χ4v) is 9.30. The van der Waals surface area contributed by atoms with E-state index in [2.05, 4.69) is 20.8 Å². The Hall–Kier alpha value is -0.240. The summed E-state index contributed by atoms with van der Waals surface area (Å²) < 4.78 is 0. The second-order valence-corrected chi connectivity index (χ2v) is 12.8. The van der Waals surface area contributed by atoms with Crippen molar-refractivity contribution in [1.29, 1.82) is 0 Å². The molecule has 0 heterocycles. The molecule has 6 N–H and O–H groups in total. The summed E-state index contributed by atoms with van der Waals surface area (Å²) in [6, 6.07) is 0. The third-order valence-corrected chi connectivity index (χ3v) is 11.5. The lowest BCUT2D eigenvalue weighted by Gasteiger charge is -2.63. The fourth-order valence-electron chi connectivity index (χ4n) is 9.30. The highest BCUT2D eigenvalue weighted by molar-refractivity contribution is 5.14. The second kappa shape index (κ2) is 9.67. The van der Waals surface area contributed by atoms with Crippen molar-refractivity contribution < 1.29 is 30.6 Å². The van der Waals surface area contributed by atoms with E-state index in [4.69, 9.17) is 0 Å². The maximum atomic E-state index is 11.6. The lowest BCUT2D eigenvalue weighted by Crippen LogP contribution is -2.62. The zero-order valence-corrected chi connectivity index (χ0v) is 20.8. The van der Waals surface area contributed by atoms with E-state index in [1.807, 2.05) is 0 Å². The monoisotopic (exact) mass is 468 g/mol. The summed E-state index contributed by atoms with van der Waals surface area (Å²) in [6.07, 6.45) is 5.77. The van der Waals surface area contributed by atoms with Crippen molar-refractivity contribution in [2.75, 3.05) is 13.2 Å². The Morgan fingerprint density at radius 3 is 2.24 bits per heavy atom. The molecule has 4 aliphatic rings. The van der Waals surface area contributed by atoms with Crippen molar-refractivity contribution in [2.45, 2.75) is 103 Å². The van der Waals surface area contributed by atoms with Crippen molar-refractivity contribution in [3.63, 3.8) is 0 Å². The topological polar surface area (TPSA) is 121 Å². The molecule has 4 aliphatic carbocycles. The van der Waals surface area contributed by atoms with Gasteiger partial charge in [0.2, 0.25) is 0 Å². The molecule has 4 fully saturated rings. The first kappa shape index (κ1) is 25.8. The van der Waals surface area contributed by atoms with Crippen LogP contribution in [0.5, 0.6) is 0 Å². The summed E-state index contributed by atoms with van der Waals surface area (Å²) in [5.74, 6) is 1.29.